The molecule has 1 aromatic carbocycles. The van der Waals surface area contributed by atoms with Crippen molar-refractivity contribution < 1.29 is 28.3 Å². The van der Waals surface area contributed by atoms with Crippen molar-refractivity contribution in [2.24, 2.45) is 11.8 Å². The molecule has 3 N–H and O–H groups in total. The zero-order chi connectivity index (χ0) is 19.3. The molecule has 0 aliphatic rings. The highest BCUT2D eigenvalue weighted by Gasteiger charge is 2.30. The third-order valence-electron chi connectivity index (χ3n) is 3.94. The van der Waals surface area contributed by atoms with Crippen LogP contribution in [0.1, 0.15) is 38.1 Å². The predicted octanol–water partition coefficient (Wildman–Crippen LogP) is 1.94. The zero-order valence-corrected chi connectivity index (χ0v) is 14.5. The molecule has 138 valence electrons. The fourth-order valence-corrected chi connectivity index (χ4v) is 2.12. The van der Waals surface area contributed by atoms with Gasteiger partial charge in [-0.2, -0.15) is 0 Å². The van der Waals surface area contributed by atoms with Crippen molar-refractivity contribution in [1.29, 1.82) is 0 Å². The van der Waals surface area contributed by atoms with E-state index in [0.717, 1.165) is 18.2 Å². The molecule has 6 nitrogen and oxygen atoms in total. The maximum atomic E-state index is 13.7. The van der Waals surface area contributed by atoms with E-state index in [-0.39, 0.29) is 5.92 Å². The highest BCUT2D eigenvalue weighted by molar-refractivity contribution is 5.98. The quantitative estimate of drug-likeness (QED) is 0.696. The number of benzene rings is 1. The zero-order valence-electron chi connectivity index (χ0n) is 14.5. The summed E-state index contributed by atoms with van der Waals surface area (Å²) in [5.41, 5.74) is -0.770. The molecule has 0 spiro atoms. The molecule has 0 fully saturated rings. The molecule has 1 aromatic rings. The second kappa shape index (κ2) is 8.55. The van der Waals surface area contributed by atoms with Crippen LogP contribution in [0.4, 0.5) is 8.78 Å². The lowest BCUT2D eigenvalue weighted by molar-refractivity contribution is -0.142. The maximum absolute atomic E-state index is 13.7. The summed E-state index contributed by atoms with van der Waals surface area (Å²) in [6.45, 7) is 6.25. The van der Waals surface area contributed by atoms with E-state index in [9.17, 15) is 23.2 Å². The van der Waals surface area contributed by atoms with Crippen molar-refractivity contribution in [1.82, 2.24) is 10.6 Å². The minimum Gasteiger partial charge on any atom is -0.481 e. The van der Waals surface area contributed by atoms with Gasteiger partial charge in [-0.3, -0.25) is 14.4 Å². The SMILES string of the molecule is CC(C)C(NC(=O)c1c(F)cccc1F)C(=O)NC(C)C(C)C(=O)O. The first kappa shape index (κ1) is 20.5. The van der Waals surface area contributed by atoms with Crippen LogP contribution in [0.3, 0.4) is 0 Å². The number of hydrogen-bond acceptors (Lipinski definition) is 3. The number of carbonyl (C=O) groups is 3. The number of carboxylic acid groups (broad SMARTS) is 1. The van der Waals surface area contributed by atoms with Gasteiger partial charge in [0.2, 0.25) is 5.91 Å². The molecule has 3 unspecified atom stereocenters. The van der Waals surface area contributed by atoms with Crippen molar-refractivity contribution in [3.8, 4) is 0 Å². The Morgan fingerprint density at radius 3 is 1.96 bits per heavy atom. The van der Waals surface area contributed by atoms with Gasteiger partial charge in [-0.05, 0) is 31.9 Å². The standard InChI is InChI=1S/C17H22F2N2O4/c1-8(2)14(16(23)20-10(4)9(3)17(24)25)21-15(22)13-11(18)6-5-7-12(13)19/h5-10,14H,1-4H3,(H,20,23)(H,21,22)(H,24,25). The van der Waals surface area contributed by atoms with Gasteiger partial charge < -0.3 is 15.7 Å². The van der Waals surface area contributed by atoms with Gasteiger partial charge in [0.15, 0.2) is 0 Å². The molecule has 0 bridgehead atoms. The largest absolute Gasteiger partial charge is 0.481 e. The van der Waals surface area contributed by atoms with Crippen LogP contribution >= 0.6 is 0 Å². The van der Waals surface area contributed by atoms with E-state index in [4.69, 9.17) is 5.11 Å². The van der Waals surface area contributed by atoms with E-state index in [1.807, 2.05) is 0 Å². The van der Waals surface area contributed by atoms with Gasteiger partial charge in [0.25, 0.3) is 5.91 Å². The van der Waals surface area contributed by atoms with Crippen molar-refractivity contribution in [2.45, 2.75) is 39.8 Å². The first-order valence-electron chi connectivity index (χ1n) is 7.84. The van der Waals surface area contributed by atoms with Gasteiger partial charge in [-0.25, -0.2) is 8.78 Å². The van der Waals surface area contributed by atoms with Crippen LogP contribution in [-0.2, 0) is 9.59 Å². The van der Waals surface area contributed by atoms with Gasteiger partial charge in [0, 0.05) is 6.04 Å². The van der Waals surface area contributed by atoms with E-state index in [2.05, 4.69) is 10.6 Å². The molecule has 25 heavy (non-hydrogen) atoms. The first-order valence-corrected chi connectivity index (χ1v) is 7.84. The second-order valence-electron chi connectivity index (χ2n) is 6.22. The summed E-state index contributed by atoms with van der Waals surface area (Å²) in [5, 5.41) is 13.8. The van der Waals surface area contributed by atoms with E-state index in [1.54, 1.807) is 13.8 Å². The maximum Gasteiger partial charge on any atom is 0.308 e. The Kier molecular flexibility index (Phi) is 7.02. The Bertz CT molecular complexity index is 644. The van der Waals surface area contributed by atoms with Gasteiger partial charge in [0.05, 0.1) is 5.92 Å². The molecule has 0 saturated heterocycles. The summed E-state index contributed by atoms with van der Waals surface area (Å²) in [6.07, 6.45) is 0. The summed E-state index contributed by atoms with van der Waals surface area (Å²) < 4.78 is 27.4. The number of nitrogens with one attached hydrogen (secondary N) is 2. The molecule has 2 amide bonds. The molecule has 1 rings (SSSR count). The summed E-state index contributed by atoms with van der Waals surface area (Å²) in [7, 11) is 0. The van der Waals surface area contributed by atoms with Gasteiger partial charge in [-0.15, -0.1) is 0 Å². The van der Waals surface area contributed by atoms with Crippen molar-refractivity contribution in [3.05, 3.63) is 35.4 Å². The third kappa shape index (κ3) is 5.23. The summed E-state index contributed by atoms with van der Waals surface area (Å²) in [6, 6.07) is 1.25. The van der Waals surface area contributed by atoms with E-state index in [1.165, 1.54) is 13.8 Å². The first-order chi connectivity index (χ1) is 11.6. The number of carbonyl (C=O) groups excluding carboxylic acids is 2. The Balaban J connectivity index is 2.92. The van der Waals surface area contributed by atoms with E-state index < -0.39 is 53.0 Å². The Morgan fingerprint density at radius 1 is 1.00 bits per heavy atom. The molecular formula is C17H22F2N2O4. The molecule has 0 aliphatic heterocycles. The van der Waals surface area contributed by atoms with Crippen LogP contribution in [0, 0.1) is 23.5 Å². The van der Waals surface area contributed by atoms with Crippen LogP contribution in [0.5, 0.6) is 0 Å². The average molecular weight is 356 g/mol. The Labute approximate surface area is 144 Å². The van der Waals surface area contributed by atoms with Crippen LogP contribution in [0.25, 0.3) is 0 Å². The van der Waals surface area contributed by atoms with Gasteiger partial charge >= 0.3 is 5.97 Å². The normalized spacial score (nSPS) is 14.5. The highest BCUT2D eigenvalue weighted by atomic mass is 19.1. The average Bonchev–Trinajstić information content (AvgIpc) is 2.50. The summed E-state index contributed by atoms with van der Waals surface area (Å²) in [4.78, 5) is 35.5. The number of halogens is 2. The topological polar surface area (TPSA) is 95.5 Å². The van der Waals surface area contributed by atoms with Crippen molar-refractivity contribution >= 4 is 17.8 Å². The van der Waals surface area contributed by atoms with Crippen molar-refractivity contribution in [3.63, 3.8) is 0 Å². The lowest BCUT2D eigenvalue weighted by atomic mass is 10.00. The second-order valence-corrected chi connectivity index (χ2v) is 6.22. The summed E-state index contributed by atoms with van der Waals surface area (Å²) in [5.74, 6) is -6.04. The molecule has 0 aromatic heterocycles. The fourth-order valence-electron chi connectivity index (χ4n) is 2.12. The molecule has 3 atom stereocenters. The molecule has 0 saturated carbocycles. The Hall–Kier alpha value is -2.51. The molecule has 0 aliphatic carbocycles. The van der Waals surface area contributed by atoms with E-state index in [0.29, 0.717) is 0 Å². The molecule has 0 radical (unpaired) electrons. The number of amides is 2. The van der Waals surface area contributed by atoms with Crippen LogP contribution in [0.2, 0.25) is 0 Å². The highest BCUT2D eigenvalue weighted by Crippen LogP contribution is 2.13. The third-order valence-corrected chi connectivity index (χ3v) is 3.94. The van der Waals surface area contributed by atoms with Crippen LogP contribution in [-0.4, -0.2) is 35.0 Å². The smallest absolute Gasteiger partial charge is 0.308 e. The lowest BCUT2D eigenvalue weighted by Gasteiger charge is -2.25. The van der Waals surface area contributed by atoms with Crippen LogP contribution in [0.15, 0.2) is 18.2 Å². The molecule has 0 heterocycles. The molecular weight excluding hydrogens is 334 g/mol. The van der Waals surface area contributed by atoms with Crippen molar-refractivity contribution in [2.75, 3.05) is 0 Å². The van der Waals surface area contributed by atoms with E-state index >= 15 is 0 Å². The number of hydrogen-bond donors (Lipinski definition) is 3. The lowest BCUT2D eigenvalue weighted by Crippen LogP contribution is -2.53. The van der Waals surface area contributed by atoms with Gasteiger partial charge in [0.1, 0.15) is 23.2 Å². The number of rotatable bonds is 7. The van der Waals surface area contributed by atoms with Gasteiger partial charge in [-0.1, -0.05) is 19.9 Å². The minimum absolute atomic E-state index is 0.383. The minimum atomic E-state index is -1.08. The monoisotopic (exact) mass is 356 g/mol. The fraction of sp³-hybridized carbons (Fsp3) is 0.471. The summed E-state index contributed by atoms with van der Waals surface area (Å²) >= 11 is 0. The Morgan fingerprint density at radius 2 is 1.52 bits per heavy atom. The van der Waals surface area contributed by atoms with Crippen LogP contribution < -0.4 is 10.6 Å². The number of carboxylic acids is 1. The molecule has 8 heteroatoms. The predicted molar refractivity (Wildman–Crippen MR) is 86.9 cm³/mol. The number of aliphatic carboxylic acids is 1.